The lowest BCUT2D eigenvalue weighted by Crippen LogP contribution is -2.33. The van der Waals surface area contributed by atoms with Crippen LogP contribution >= 0.6 is 15.9 Å². The third kappa shape index (κ3) is 3.86. The molecule has 1 N–H and O–H groups in total. The minimum absolute atomic E-state index is 0.0855. The second-order valence-corrected chi connectivity index (χ2v) is 6.31. The van der Waals surface area contributed by atoms with Crippen LogP contribution in [0.1, 0.15) is 30.6 Å². The fourth-order valence-corrected chi connectivity index (χ4v) is 2.60. The molecule has 1 aromatic carbocycles. The van der Waals surface area contributed by atoms with Crippen LogP contribution in [-0.4, -0.2) is 30.0 Å². The third-order valence-electron chi connectivity index (χ3n) is 2.86. The second kappa shape index (κ2) is 6.28. The van der Waals surface area contributed by atoms with Crippen molar-refractivity contribution in [3.8, 4) is 11.5 Å². The van der Waals surface area contributed by atoms with Gasteiger partial charge in [-0.15, -0.1) is 0 Å². The molecule has 2 atom stereocenters. The van der Waals surface area contributed by atoms with Crippen LogP contribution in [0.4, 0.5) is 0 Å². The van der Waals surface area contributed by atoms with Crippen molar-refractivity contribution >= 4 is 21.8 Å². The monoisotopic (exact) mass is 327 g/mol. The molecule has 0 saturated carbocycles. The van der Waals surface area contributed by atoms with E-state index in [0.29, 0.717) is 35.1 Å². The lowest BCUT2D eigenvalue weighted by atomic mass is 10.1. The number of halogens is 1. The Kier molecular flexibility index (Phi) is 4.69. The van der Waals surface area contributed by atoms with E-state index >= 15 is 0 Å². The van der Waals surface area contributed by atoms with Crippen molar-refractivity contribution in [1.29, 1.82) is 0 Å². The highest BCUT2D eigenvalue weighted by molar-refractivity contribution is 9.09. The van der Waals surface area contributed by atoms with Crippen LogP contribution in [0.3, 0.4) is 0 Å². The molecular weight excluding hydrogens is 310 g/mol. The first-order valence-corrected chi connectivity index (χ1v) is 7.32. The van der Waals surface area contributed by atoms with E-state index in [1.807, 2.05) is 6.92 Å². The summed E-state index contributed by atoms with van der Waals surface area (Å²) in [6.07, 6.45) is 0.885. The minimum atomic E-state index is -0.0855. The molecule has 1 heterocycles. The van der Waals surface area contributed by atoms with E-state index in [9.17, 15) is 4.79 Å². The molecule has 0 bridgehead atoms. The van der Waals surface area contributed by atoms with Gasteiger partial charge in [0.2, 0.25) is 0 Å². The average Bonchev–Trinajstić information content (AvgIpc) is 2.37. The zero-order valence-electron chi connectivity index (χ0n) is 11.1. The summed E-state index contributed by atoms with van der Waals surface area (Å²) in [4.78, 5) is 12.5. The van der Waals surface area contributed by atoms with Gasteiger partial charge in [-0.05, 0) is 31.5 Å². The van der Waals surface area contributed by atoms with Crippen LogP contribution in [0.2, 0.25) is 0 Å². The number of amides is 1. The first-order chi connectivity index (χ1) is 9.06. The molecule has 1 amide bonds. The minimum Gasteiger partial charge on any atom is -0.486 e. The molecule has 5 heteroatoms. The molecular formula is C14H18BrNO3. The maximum atomic E-state index is 12.1. The number of benzene rings is 1. The summed E-state index contributed by atoms with van der Waals surface area (Å²) in [6, 6.07) is 5.39. The fraction of sp³-hybridized carbons (Fsp3) is 0.500. The van der Waals surface area contributed by atoms with Crippen molar-refractivity contribution in [2.45, 2.75) is 31.1 Å². The quantitative estimate of drug-likeness (QED) is 0.865. The smallest absolute Gasteiger partial charge is 0.251 e. The highest BCUT2D eigenvalue weighted by Crippen LogP contribution is 2.30. The van der Waals surface area contributed by atoms with E-state index in [0.717, 1.165) is 6.42 Å². The van der Waals surface area contributed by atoms with Crippen LogP contribution in [-0.2, 0) is 0 Å². The van der Waals surface area contributed by atoms with Gasteiger partial charge in [-0.1, -0.05) is 22.9 Å². The summed E-state index contributed by atoms with van der Waals surface area (Å²) in [5, 5.41) is 2.97. The average molecular weight is 328 g/mol. The van der Waals surface area contributed by atoms with Crippen molar-refractivity contribution in [3.63, 3.8) is 0 Å². The van der Waals surface area contributed by atoms with Gasteiger partial charge >= 0.3 is 0 Å². The normalized spacial score (nSPS) is 16.6. The lowest BCUT2D eigenvalue weighted by molar-refractivity contribution is 0.0937. The molecule has 1 aliphatic heterocycles. The third-order valence-corrected chi connectivity index (χ3v) is 3.23. The SMILES string of the molecule is CC(Br)CC(C)NC(=O)c1ccc2c(c1)OCCO2. The number of hydrogen-bond donors (Lipinski definition) is 1. The Morgan fingerprint density at radius 2 is 2.00 bits per heavy atom. The number of nitrogens with one attached hydrogen (secondary N) is 1. The Morgan fingerprint density at radius 1 is 1.32 bits per heavy atom. The van der Waals surface area contributed by atoms with Gasteiger partial charge in [-0.25, -0.2) is 0 Å². The summed E-state index contributed by atoms with van der Waals surface area (Å²) < 4.78 is 10.9. The molecule has 104 valence electrons. The van der Waals surface area contributed by atoms with Gasteiger partial charge < -0.3 is 14.8 Å². The van der Waals surface area contributed by atoms with Gasteiger partial charge in [0.15, 0.2) is 11.5 Å². The number of carbonyl (C=O) groups is 1. The summed E-state index contributed by atoms with van der Waals surface area (Å²) in [6.45, 7) is 5.13. The van der Waals surface area contributed by atoms with Gasteiger partial charge in [0.05, 0.1) is 0 Å². The maximum absolute atomic E-state index is 12.1. The van der Waals surface area contributed by atoms with Gasteiger partial charge in [0.1, 0.15) is 13.2 Å². The summed E-state index contributed by atoms with van der Waals surface area (Å²) in [5.41, 5.74) is 0.596. The van der Waals surface area contributed by atoms with Crippen molar-refractivity contribution < 1.29 is 14.3 Å². The Bertz CT molecular complexity index is 462. The van der Waals surface area contributed by atoms with Crippen LogP contribution in [0.25, 0.3) is 0 Å². The van der Waals surface area contributed by atoms with E-state index in [1.54, 1.807) is 18.2 Å². The number of fused-ring (bicyclic) bond motifs is 1. The predicted molar refractivity (Wildman–Crippen MR) is 77.4 cm³/mol. The van der Waals surface area contributed by atoms with Crippen molar-refractivity contribution in [3.05, 3.63) is 23.8 Å². The Labute approximate surface area is 121 Å². The second-order valence-electron chi connectivity index (χ2n) is 4.75. The number of carbonyl (C=O) groups excluding carboxylic acids is 1. The highest BCUT2D eigenvalue weighted by Gasteiger charge is 2.16. The first kappa shape index (κ1) is 14.2. The zero-order valence-corrected chi connectivity index (χ0v) is 12.7. The first-order valence-electron chi connectivity index (χ1n) is 6.41. The molecule has 0 saturated heterocycles. The molecule has 1 aromatic rings. The Balaban J connectivity index is 2.03. The number of rotatable bonds is 4. The topological polar surface area (TPSA) is 47.6 Å². The predicted octanol–water partition coefficient (Wildman–Crippen LogP) is 2.75. The number of hydrogen-bond acceptors (Lipinski definition) is 3. The van der Waals surface area contributed by atoms with E-state index in [2.05, 4.69) is 28.2 Å². The molecule has 4 nitrogen and oxygen atoms in total. The molecule has 0 spiro atoms. The van der Waals surface area contributed by atoms with Crippen LogP contribution < -0.4 is 14.8 Å². The lowest BCUT2D eigenvalue weighted by Gasteiger charge is -2.19. The van der Waals surface area contributed by atoms with E-state index in [-0.39, 0.29) is 11.9 Å². The fourth-order valence-electron chi connectivity index (χ4n) is 2.04. The van der Waals surface area contributed by atoms with Crippen LogP contribution in [0.5, 0.6) is 11.5 Å². The van der Waals surface area contributed by atoms with Crippen molar-refractivity contribution in [2.75, 3.05) is 13.2 Å². The number of ether oxygens (including phenoxy) is 2. The number of alkyl halides is 1. The summed E-state index contributed by atoms with van der Waals surface area (Å²) in [5.74, 6) is 1.25. The van der Waals surface area contributed by atoms with E-state index in [1.165, 1.54) is 0 Å². The van der Waals surface area contributed by atoms with Crippen molar-refractivity contribution in [2.24, 2.45) is 0 Å². The van der Waals surface area contributed by atoms with E-state index in [4.69, 9.17) is 9.47 Å². The molecule has 19 heavy (non-hydrogen) atoms. The van der Waals surface area contributed by atoms with Crippen molar-refractivity contribution in [1.82, 2.24) is 5.32 Å². The van der Waals surface area contributed by atoms with E-state index < -0.39 is 0 Å². The molecule has 1 aliphatic rings. The standard InChI is InChI=1S/C14H18BrNO3/c1-9(15)7-10(2)16-14(17)11-3-4-12-13(8-11)19-6-5-18-12/h3-4,8-10H,5-7H2,1-2H3,(H,16,17). The van der Waals surface area contributed by atoms with Crippen LogP contribution in [0, 0.1) is 0 Å². The Morgan fingerprint density at radius 3 is 2.68 bits per heavy atom. The van der Waals surface area contributed by atoms with Crippen LogP contribution in [0.15, 0.2) is 18.2 Å². The maximum Gasteiger partial charge on any atom is 0.251 e. The Hall–Kier alpha value is -1.23. The molecule has 0 fully saturated rings. The largest absolute Gasteiger partial charge is 0.486 e. The van der Waals surface area contributed by atoms with Gasteiger partial charge in [0.25, 0.3) is 5.91 Å². The molecule has 0 aromatic heterocycles. The molecule has 2 rings (SSSR count). The summed E-state index contributed by atoms with van der Waals surface area (Å²) >= 11 is 3.48. The molecule has 2 unspecified atom stereocenters. The van der Waals surface area contributed by atoms with Gasteiger partial charge in [-0.3, -0.25) is 4.79 Å². The van der Waals surface area contributed by atoms with Gasteiger partial charge in [0, 0.05) is 16.4 Å². The zero-order chi connectivity index (χ0) is 13.8. The summed E-state index contributed by atoms with van der Waals surface area (Å²) in [7, 11) is 0. The molecule has 0 radical (unpaired) electrons. The highest BCUT2D eigenvalue weighted by atomic mass is 79.9. The molecule has 0 aliphatic carbocycles. The van der Waals surface area contributed by atoms with Gasteiger partial charge in [-0.2, -0.15) is 0 Å².